The average molecular weight is 490 g/mol. The topological polar surface area (TPSA) is 120 Å². The van der Waals surface area contributed by atoms with Crippen molar-refractivity contribution in [3.8, 4) is 23.7 Å². The van der Waals surface area contributed by atoms with E-state index in [1.54, 1.807) is 5.48 Å². The van der Waals surface area contributed by atoms with Crippen molar-refractivity contribution >= 4 is 38.2 Å². The van der Waals surface area contributed by atoms with E-state index < -0.39 is 22.0 Å². The van der Waals surface area contributed by atoms with Gasteiger partial charge in [-0.2, -0.15) is 0 Å². The van der Waals surface area contributed by atoms with Crippen molar-refractivity contribution in [1.29, 1.82) is 0 Å². The van der Waals surface area contributed by atoms with E-state index in [-0.39, 0.29) is 30.7 Å². The van der Waals surface area contributed by atoms with Crippen LogP contribution in [0.15, 0.2) is 18.2 Å². The molecule has 1 aromatic heterocycles. The van der Waals surface area contributed by atoms with Crippen LogP contribution in [0.5, 0.6) is 0 Å². The van der Waals surface area contributed by atoms with E-state index in [0.717, 1.165) is 33.8 Å². The molecule has 3 atom stereocenters. The molecule has 3 N–H and O–H groups in total. The Morgan fingerprint density at radius 3 is 2.85 bits per heavy atom. The standard InChI is InChI=1S/C23H27N3O5S2/c1-23(15-33(30)31,22(28)25-29)10-9-21-24-19-8-7-16(12-20(19)32-21)5-3-4-6-17-11-18(14-27)26(2)13-17/h7-8,12,17-18,27,29,33H,9-11,13-15H2,1-2H3,(H,25,28)/t17-,18+,23-/m0/s1. The molecule has 2 aromatic rings. The van der Waals surface area contributed by atoms with E-state index in [1.807, 2.05) is 25.2 Å². The van der Waals surface area contributed by atoms with Gasteiger partial charge < -0.3 is 5.11 Å². The van der Waals surface area contributed by atoms with Crippen molar-refractivity contribution in [3.63, 3.8) is 0 Å². The molecule has 1 aromatic carbocycles. The number of aryl methyl sites for hydroxylation is 1. The molecule has 0 unspecified atom stereocenters. The number of likely N-dealkylation sites (tertiary alicyclic amines) is 1. The van der Waals surface area contributed by atoms with Crippen LogP contribution in [-0.4, -0.2) is 66.5 Å². The summed E-state index contributed by atoms with van der Waals surface area (Å²) in [6.45, 7) is 2.49. The predicted octanol–water partition coefficient (Wildman–Crippen LogP) is 1.02. The summed E-state index contributed by atoms with van der Waals surface area (Å²) in [4.78, 5) is 18.7. The Bertz CT molecular complexity index is 1210. The molecule has 1 aliphatic heterocycles. The predicted molar refractivity (Wildman–Crippen MR) is 127 cm³/mol. The van der Waals surface area contributed by atoms with Crippen molar-refractivity contribution in [3.05, 3.63) is 28.8 Å². The summed E-state index contributed by atoms with van der Waals surface area (Å²) in [5, 5.41) is 19.1. The van der Waals surface area contributed by atoms with E-state index in [0.29, 0.717) is 6.42 Å². The average Bonchev–Trinajstić information content (AvgIpc) is 3.36. The largest absolute Gasteiger partial charge is 0.395 e. The molecule has 1 fully saturated rings. The highest BCUT2D eigenvalue weighted by molar-refractivity contribution is 7.72. The number of hydrogen-bond acceptors (Lipinski definition) is 8. The zero-order chi connectivity index (χ0) is 24.0. The van der Waals surface area contributed by atoms with Gasteiger partial charge in [0.1, 0.15) is 10.7 Å². The molecule has 8 nitrogen and oxygen atoms in total. The second kappa shape index (κ2) is 11.1. The number of benzene rings is 1. The summed E-state index contributed by atoms with van der Waals surface area (Å²) in [5.41, 5.74) is 1.95. The molecule has 2 heterocycles. The Morgan fingerprint density at radius 1 is 1.39 bits per heavy atom. The quantitative estimate of drug-likeness (QED) is 0.198. The molecule has 0 radical (unpaired) electrons. The Balaban J connectivity index is 1.67. The molecule has 0 bridgehead atoms. The van der Waals surface area contributed by atoms with Crippen LogP contribution in [0.4, 0.5) is 0 Å². The number of thiazole rings is 1. The van der Waals surface area contributed by atoms with E-state index in [9.17, 15) is 18.3 Å². The monoisotopic (exact) mass is 489 g/mol. The molecule has 3 rings (SSSR count). The number of carbonyl (C=O) groups excluding carboxylic acids is 1. The molecule has 0 aliphatic carbocycles. The highest BCUT2D eigenvalue weighted by atomic mass is 32.2. The van der Waals surface area contributed by atoms with Crippen molar-refractivity contribution in [2.45, 2.75) is 32.2 Å². The van der Waals surface area contributed by atoms with Crippen LogP contribution >= 0.6 is 11.3 Å². The van der Waals surface area contributed by atoms with Gasteiger partial charge in [0.05, 0.1) is 33.0 Å². The number of nitrogens with one attached hydrogen (secondary N) is 1. The fourth-order valence-electron chi connectivity index (χ4n) is 3.86. The summed E-state index contributed by atoms with van der Waals surface area (Å²) in [6, 6.07) is 5.85. The van der Waals surface area contributed by atoms with Gasteiger partial charge in [0, 0.05) is 30.5 Å². The van der Waals surface area contributed by atoms with Crippen LogP contribution in [0.1, 0.15) is 30.3 Å². The Morgan fingerprint density at radius 2 is 2.18 bits per heavy atom. The number of aromatic nitrogens is 1. The van der Waals surface area contributed by atoms with Crippen LogP contribution in [0, 0.1) is 35.0 Å². The van der Waals surface area contributed by atoms with Crippen LogP contribution in [0.25, 0.3) is 10.2 Å². The fraction of sp³-hybridized carbons (Fsp3) is 0.478. The maximum absolute atomic E-state index is 12.0. The minimum atomic E-state index is -2.78. The van der Waals surface area contributed by atoms with Gasteiger partial charge >= 0.3 is 0 Å². The van der Waals surface area contributed by atoms with E-state index in [1.165, 1.54) is 18.3 Å². The molecule has 1 aliphatic rings. The minimum Gasteiger partial charge on any atom is -0.395 e. The zero-order valence-corrected chi connectivity index (χ0v) is 20.2. The van der Waals surface area contributed by atoms with Gasteiger partial charge in [0.25, 0.3) is 0 Å². The van der Waals surface area contributed by atoms with Crippen molar-refractivity contribution in [1.82, 2.24) is 15.4 Å². The smallest absolute Gasteiger partial charge is 0.250 e. The SMILES string of the molecule is CN1C[C@@H](C#CC#Cc2ccc3nc(CC[C@@](C)(C[SH](=O)=O)C(=O)NO)sc3c2)C[C@@H]1CO. The third-order valence-electron chi connectivity index (χ3n) is 5.90. The van der Waals surface area contributed by atoms with Crippen LogP contribution < -0.4 is 5.48 Å². The number of nitrogens with zero attached hydrogens (tertiary/aromatic N) is 2. The van der Waals surface area contributed by atoms with Crippen molar-refractivity contribution < 1.29 is 23.5 Å². The lowest BCUT2D eigenvalue weighted by atomic mass is 9.87. The van der Waals surface area contributed by atoms with Gasteiger partial charge in [-0.25, -0.2) is 18.9 Å². The first-order chi connectivity index (χ1) is 15.7. The first-order valence-corrected chi connectivity index (χ1v) is 12.7. The summed E-state index contributed by atoms with van der Waals surface area (Å²) >= 11 is 1.46. The lowest BCUT2D eigenvalue weighted by Crippen LogP contribution is -2.40. The number of aliphatic hydroxyl groups excluding tert-OH is 1. The number of carbonyl (C=O) groups is 1. The Hall–Kier alpha value is -2.47. The maximum atomic E-state index is 12.0. The van der Waals surface area contributed by atoms with Gasteiger partial charge in [0.15, 0.2) is 0 Å². The van der Waals surface area contributed by atoms with Crippen LogP contribution in [0.3, 0.4) is 0 Å². The number of hydrogen-bond donors (Lipinski definition) is 4. The van der Waals surface area contributed by atoms with Gasteiger partial charge in [-0.3, -0.25) is 14.9 Å². The number of amides is 1. The number of likely N-dealkylation sites (N-methyl/N-ethyl adjacent to an activating group) is 1. The number of aliphatic hydroxyl groups is 1. The normalized spacial score (nSPS) is 20.0. The van der Waals surface area contributed by atoms with E-state index in [2.05, 4.69) is 33.6 Å². The third-order valence-corrected chi connectivity index (χ3v) is 7.93. The molecule has 1 saturated heterocycles. The summed E-state index contributed by atoms with van der Waals surface area (Å²) in [5.74, 6) is 11.2. The summed E-state index contributed by atoms with van der Waals surface area (Å²) < 4.78 is 23.3. The molecule has 1 amide bonds. The number of hydroxylamine groups is 1. The molecule has 176 valence electrons. The number of rotatable bonds is 7. The minimum absolute atomic E-state index is 0.143. The molecule has 10 heteroatoms. The Kier molecular flexibility index (Phi) is 8.46. The van der Waals surface area contributed by atoms with Crippen LogP contribution in [0.2, 0.25) is 0 Å². The highest BCUT2D eigenvalue weighted by Crippen LogP contribution is 2.29. The van der Waals surface area contributed by atoms with Crippen molar-refractivity contribution in [2.75, 3.05) is 26.0 Å². The molecule has 33 heavy (non-hydrogen) atoms. The summed E-state index contributed by atoms with van der Waals surface area (Å²) in [7, 11) is -0.790. The molecule has 0 spiro atoms. The molecule has 0 saturated carbocycles. The van der Waals surface area contributed by atoms with E-state index >= 15 is 0 Å². The first-order valence-electron chi connectivity index (χ1n) is 10.5. The lowest BCUT2D eigenvalue weighted by molar-refractivity contribution is -0.138. The third kappa shape index (κ3) is 6.53. The van der Waals surface area contributed by atoms with Crippen LogP contribution in [-0.2, 0) is 21.9 Å². The fourth-order valence-corrected chi connectivity index (χ4v) is 5.74. The lowest BCUT2D eigenvalue weighted by Gasteiger charge is -2.23. The number of thiol groups is 1. The van der Waals surface area contributed by atoms with Crippen molar-refractivity contribution in [2.24, 2.45) is 11.3 Å². The maximum Gasteiger partial charge on any atom is 0.250 e. The highest BCUT2D eigenvalue weighted by Gasteiger charge is 2.34. The molecular formula is C23H27N3O5S2. The summed E-state index contributed by atoms with van der Waals surface area (Å²) in [6.07, 6.45) is 1.49. The zero-order valence-electron chi connectivity index (χ0n) is 18.5. The Labute approximate surface area is 198 Å². The molecular weight excluding hydrogens is 462 g/mol. The van der Waals surface area contributed by atoms with E-state index in [4.69, 9.17) is 5.21 Å². The van der Waals surface area contributed by atoms with Gasteiger partial charge in [-0.1, -0.05) is 11.8 Å². The first kappa shape index (κ1) is 25.2. The second-order valence-corrected chi connectivity index (χ2v) is 10.6. The number of fused-ring (bicyclic) bond motifs is 1. The van der Waals surface area contributed by atoms with Gasteiger partial charge in [0.2, 0.25) is 5.91 Å². The van der Waals surface area contributed by atoms with Gasteiger partial charge in [-0.15, -0.1) is 11.3 Å². The second-order valence-electron chi connectivity index (χ2n) is 8.51. The van der Waals surface area contributed by atoms with Gasteiger partial charge in [-0.05, 0) is 56.9 Å².